The average Bonchev–Trinajstić information content (AvgIpc) is 3.04. The van der Waals surface area contributed by atoms with Gasteiger partial charge in [-0.3, -0.25) is 19.3 Å². The fraction of sp³-hybridized carbons (Fsp3) is 0.238. The van der Waals surface area contributed by atoms with Gasteiger partial charge in [-0.25, -0.2) is 4.79 Å². The summed E-state index contributed by atoms with van der Waals surface area (Å²) in [5.74, 6) is -1.55. The van der Waals surface area contributed by atoms with Crippen LogP contribution in [0, 0.1) is 0 Å². The van der Waals surface area contributed by atoms with E-state index >= 15 is 0 Å². The number of rotatable bonds is 5. The number of likely N-dealkylation sites (N-methyl/N-ethyl adjacent to an activating group) is 1. The van der Waals surface area contributed by atoms with E-state index in [0.717, 1.165) is 4.90 Å². The van der Waals surface area contributed by atoms with E-state index in [1.165, 1.54) is 29.2 Å². The van der Waals surface area contributed by atoms with Crippen LogP contribution in [0.1, 0.15) is 34.9 Å². The predicted molar refractivity (Wildman–Crippen MR) is 101 cm³/mol. The molecule has 1 saturated heterocycles. The molecule has 7 nitrogen and oxygen atoms in total. The van der Waals surface area contributed by atoms with Gasteiger partial charge in [0.1, 0.15) is 0 Å². The van der Waals surface area contributed by atoms with Crippen molar-refractivity contribution >= 4 is 29.4 Å². The molecular formula is C21H20N2O5. The Labute approximate surface area is 162 Å². The van der Waals surface area contributed by atoms with Crippen LogP contribution in [0.3, 0.4) is 0 Å². The molecule has 7 heteroatoms. The second kappa shape index (κ2) is 8.04. The van der Waals surface area contributed by atoms with Crippen molar-refractivity contribution < 1.29 is 23.9 Å². The van der Waals surface area contributed by atoms with Gasteiger partial charge < -0.3 is 9.64 Å². The fourth-order valence-electron chi connectivity index (χ4n) is 2.91. The first-order valence-electron chi connectivity index (χ1n) is 8.81. The first-order chi connectivity index (χ1) is 13.4. The third-order valence-electron chi connectivity index (χ3n) is 4.41. The zero-order valence-electron chi connectivity index (χ0n) is 15.6. The summed E-state index contributed by atoms with van der Waals surface area (Å²) in [6.45, 7) is 0. The van der Waals surface area contributed by atoms with Crippen LogP contribution >= 0.6 is 0 Å². The Hall–Kier alpha value is -3.48. The lowest BCUT2D eigenvalue weighted by molar-refractivity contribution is -0.138. The van der Waals surface area contributed by atoms with Crippen LogP contribution in [0.15, 0.2) is 54.6 Å². The van der Waals surface area contributed by atoms with E-state index in [4.69, 9.17) is 4.74 Å². The first kappa shape index (κ1) is 19.3. The van der Waals surface area contributed by atoms with Crippen molar-refractivity contribution in [1.82, 2.24) is 4.90 Å². The van der Waals surface area contributed by atoms with Crippen molar-refractivity contribution in [2.45, 2.75) is 18.9 Å². The fourth-order valence-corrected chi connectivity index (χ4v) is 2.91. The molecule has 0 N–H and O–H groups in total. The van der Waals surface area contributed by atoms with Crippen molar-refractivity contribution in [3.05, 3.63) is 65.7 Å². The molecule has 0 aromatic heterocycles. The minimum Gasteiger partial charge on any atom is -0.444 e. The predicted octanol–water partition coefficient (Wildman–Crippen LogP) is 2.33. The van der Waals surface area contributed by atoms with Crippen LogP contribution in [0.25, 0.3) is 0 Å². The molecule has 1 atom stereocenters. The monoisotopic (exact) mass is 380 g/mol. The smallest absolute Gasteiger partial charge is 0.339 e. The number of carbonyl (C=O) groups excluding carboxylic acids is 4. The van der Waals surface area contributed by atoms with Gasteiger partial charge in [0, 0.05) is 32.5 Å². The molecule has 144 valence electrons. The van der Waals surface area contributed by atoms with E-state index in [0.29, 0.717) is 11.3 Å². The summed E-state index contributed by atoms with van der Waals surface area (Å²) in [6, 6.07) is 14.7. The van der Waals surface area contributed by atoms with Crippen LogP contribution in [-0.4, -0.2) is 42.7 Å². The molecule has 1 aliphatic heterocycles. The van der Waals surface area contributed by atoms with Crippen molar-refractivity contribution in [2.75, 3.05) is 19.0 Å². The maximum absolute atomic E-state index is 12.6. The molecule has 0 radical (unpaired) electrons. The molecule has 0 bridgehead atoms. The Morgan fingerprint density at radius 2 is 1.50 bits per heavy atom. The van der Waals surface area contributed by atoms with Crippen molar-refractivity contribution in [3.63, 3.8) is 0 Å². The molecule has 3 amide bonds. The molecule has 1 fully saturated rings. The highest BCUT2D eigenvalue weighted by Crippen LogP contribution is 2.25. The van der Waals surface area contributed by atoms with E-state index < -0.39 is 12.1 Å². The number of benzene rings is 2. The van der Waals surface area contributed by atoms with Gasteiger partial charge in [-0.1, -0.05) is 30.3 Å². The number of imide groups is 1. The van der Waals surface area contributed by atoms with E-state index in [-0.39, 0.29) is 36.1 Å². The van der Waals surface area contributed by atoms with Gasteiger partial charge in [0.05, 0.1) is 11.3 Å². The van der Waals surface area contributed by atoms with Crippen molar-refractivity contribution in [1.29, 1.82) is 0 Å². The molecule has 1 unspecified atom stereocenters. The summed E-state index contributed by atoms with van der Waals surface area (Å²) in [5.41, 5.74) is 1.20. The highest BCUT2D eigenvalue weighted by Gasteiger charge is 2.31. The molecule has 0 aliphatic carbocycles. The van der Waals surface area contributed by atoms with Gasteiger partial charge in [0.2, 0.25) is 17.9 Å². The topological polar surface area (TPSA) is 84.0 Å². The SMILES string of the molecule is CN(C)C(=O)C(OC(=O)c1ccc(N2C(=O)CCC2=O)cc1)c1ccccc1. The summed E-state index contributed by atoms with van der Waals surface area (Å²) in [7, 11) is 3.18. The van der Waals surface area contributed by atoms with Gasteiger partial charge in [-0.2, -0.15) is 0 Å². The molecule has 0 saturated carbocycles. The Balaban J connectivity index is 1.79. The molecular weight excluding hydrogens is 360 g/mol. The quantitative estimate of drug-likeness (QED) is 0.587. The third kappa shape index (κ3) is 3.93. The summed E-state index contributed by atoms with van der Waals surface area (Å²) in [4.78, 5) is 51.2. The number of nitrogens with zero attached hydrogens (tertiary/aromatic N) is 2. The Bertz CT molecular complexity index is 890. The number of ether oxygens (including phenoxy) is 1. The maximum Gasteiger partial charge on any atom is 0.339 e. The lowest BCUT2D eigenvalue weighted by Crippen LogP contribution is -2.31. The van der Waals surface area contributed by atoms with Crippen LogP contribution < -0.4 is 4.90 Å². The van der Waals surface area contributed by atoms with Gasteiger partial charge in [-0.15, -0.1) is 0 Å². The van der Waals surface area contributed by atoms with Crippen LogP contribution in [-0.2, 0) is 19.1 Å². The summed E-state index contributed by atoms with van der Waals surface area (Å²) < 4.78 is 5.48. The molecule has 0 spiro atoms. The van der Waals surface area contributed by atoms with Crippen LogP contribution in [0.5, 0.6) is 0 Å². The summed E-state index contributed by atoms with van der Waals surface area (Å²) >= 11 is 0. The minimum atomic E-state index is -1.06. The Morgan fingerprint density at radius 1 is 0.929 bits per heavy atom. The Kier molecular flexibility index (Phi) is 5.54. The maximum atomic E-state index is 12.6. The summed E-state index contributed by atoms with van der Waals surface area (Å²) in [5, 5.41) is 0. The van der Waals surface area contributed by atoms with Gasteiger partial charge in [-0.05, 0) is 24.3 Å². The lowest BCUT2D eigenvalue weighted by Gasteiger charge is -2.21. The number of anilines is 1. The van der Waals surface area contributed by atoms with Crippen molar-refractivity contribution in [3.8, 4) is 0 Å². The van der Waals surface area contributed by atoms with E-state index in [9.17, 15) is 19.2 Å². The van der Waals surface area contributed by atoms with E-state index in [1.54, 1.807) is 38.4 Å². The molecule has 2 aromatic rings. The van der Waals surface area contributed by atoms with Gasteiger partial charge in [0.25, 0.3) is 5.91 Å². The second-order valence-corrected chi connectivity index (χ2v) is 6.60. The zero-order valence-corrected chi connectivity index (χ0v) is 15.6. The average molecular weight is 380 g/mol. The number of hydrogen-bond donors (Lipinski definition) is 0. The second-order valence-electron chi connectivity index (χ2n) is 6.60. The third-order valence-corrected chi connectivity index (χ3v) is 4.41. The van der Waals surface area contributed by atoms with Gasteiger partial charge >= 0.3 is 5.97 Å². The molecule has 28 heavy (non-hydrogen) atoms. The highest BCUT2D eigenvalue weighted by molar-refractivity contribution is 6.19. The number of carbonyl (C=O) groups is 4. The van der Waals surface area contributed by atoms with Crippen molar-refractivity contribution in [2.24, 2.45) is 0 Å². The lowest BCUT2D eigenvalue weighted by atomic mass is 10.1. The van der Waals surface area contributed by atoms with Gasteiger partial charge in [0.15, 0.2) is 0 Å². The van der Waals surface area contributed by atoms with Crippen LogP contribution in [0.4, 0.5) is 5.69 Å². The molecule has 3 rings (SSSR count). The highest BCUT2D eigenvalue weighted by atomic mass is 16.5. The minimum absolute atomic E-state index is 0.189. The number of hydrogen-bond acceptors (Lipinski definition) is 5. The standard InChI is InChI=1S/C21H20N2O5/c1-22(2)20(26)19(14-6-4-3-5-7-14)28-21(27)15-8-10-16(11-9-15)23-17(24)12-13-18(23)25/h3-11,19H,12-13H2,1-2H3. The van der Waals surface area contributed by atoms with E-state index in [2.05, 4.69) is 0 Å². The first-order valence-corrected chi connectivity index (χ1v) is 8.81. The molecule has 1 heterocycles. The van der Waals surface area contributed by atoms with E-state index in [1.807, 2.05) is 6.07 Å². The largest absolute Gasteiger partial charge is 0.444 e. The Morgan fingerprint density at radius 3 is 2.04 bits per heavy atom. The number of amides is 3. The van der Waals surface area contributed by atoms with Crippen LogP contribution in [0.2, 0.25) is 0 Å². The normalized spacial score (nSPS) is 14.7. The number of esters is 1. The molecule has 2 aromatic carbocycles. The molecule has 1 aliphatic rings. The zero-order chi connectivity index (χ0) is 20.3. The summed E-state index contributed by atoms with van der Waals surface area (Å²) in [6.07, 6.45) is -0.688.